The summed E-state index contributed by atoms with van der Waals surface area (Å²) in [5, 5.41) is 0. The fourth-order valence-electron chi connectivity index (χ4n) is 5.50. The molecule has 2 unspecified atom stereocenters. The van der Waals surface area contributed by atoms with E-state index in [0.717, 1.165) is 11.1 Å². The van der Waals surface area contributed by atoms with E-state index in [-0.39, 0.29) is 17.8 Å². The highest BCUT2D eigenvalue weighted by Crippen LogP contribution is 2.47. The maximum atomic E-state index is 13.6. The molecule has 2 aliphatic rings. The summed E-state index contributed by atoms with van der Waals surface area (Å²) < 4.78 is 23.3. The summed E-state index contributed by atoms with van der Waals surface area (Å²) in [6.45, 7) is 2.00. The van der Waals surface area contributed by atoms with Crippen molar-refractivity contribution in [2.45, 2.75) is 31.0 Å². The van der Waals surface area contributed by atoms with Crippen LogP contribution in [-0.2, 0) is 9.47 Å². The molecule has 5 rings (SSSR count). The minimum Gasteiger partial charge on any atom is -0.496 e. The molecule has 38 heavy (non-hydrogen) atoms. The third-order valence-corrected chi connectivity index (χ3v) is 7.35. The van der Waals surface area contributed by atoms with Gasteiger partial charge in [0.1, 0.15) is 34.8 Å². The van der Waals surface area contributed by atoms with Gasteiger partial charge in [-0.1, -0.05) is 79.8 Å². The van der Waals surface area contributed by atoms with E-state index in [0.29, 0.717) is 22.6 Å². The van der Waals surface area contributed by atoms with Crippen LogP contribution >= 0.6 is 0 Å². The fraction of sp³-hybridized carbons (Fsp3) is 0.250. The largest absolute Gasteiger partial charge is 0.496 e. The van der Waals surface area contributed by atoms with Crippen LogP contribution in [0.4, 0.5) is 0 Å². The quantitative estimate of drug-likeness (QED) is 0.358. The number of rotatable bonds is 7. The Hall–Kier alpha value is -4.32. The lowest BCUT2D eigenvalue weighted by molar-refractivity contribution is -0.0605. The molecule has 3 aromatic carbocycles. The maximum absolute atomic E-state index is 13.6. The number of esters is 2. The predicted molar refractivity (Wildman–Crippen MR) is 144 cm³/mol. The third-order valence-electron chi connectivity index (χ3n) is 7.35. The number of methoxy groups -OCH3 is 2. The number of benzene rings is 3. The zero-order chi connectivity index (χ0) is 26.6. The lowest BCUT2D eigenvalue weighted by atomic mass is 9.69. The number of ether oxygens (including phenoxy) is 4. The van der Waals surface area contributed by atoms with Crippen molar-refractivity contribution in [3.63, 3.8) is 0 Å². The second-order valence-electron chi connectivity index (χ2n) is 9.43. The summed E-state index contributed by atoms with van der Waals surface area (Å²) in [6.07, 6.45) is 6.64. The van der Waals surface area contributed by atoms with E-state index in [1.54, 1.807) is 48.5 Å². The van der Waals surface area contributed by atoms with Gasteiger partial charge in [0.05, 0.1) is 14.2 Å². The van der Waals surface area contributed by atoms with Crippen molar-refractivity contribution in [3.05, 3.63) is 119 Å². The van der Waals surface area contributed by atoms with Crippen LogP contribution in [0.5, 0.6) is 11.5 Å². The molecular weight excluding hydrogens is 480 g/mol. The van der Waals surface area contributed by atoms with E-state index < -0.39 is 24.1 Å². The van der Waals surface area contributed by atoms with Gasteiger partial charge in [0.15, 0.2) is 0 Å². The zero-order valence-corrected chi connectivity index (χ0v) is 21.6. The van der Waals surface area contributed by atoms with E-state index >= 15 is 0 Å². The number of hydrogen-bond acceptors (Lipinski definition) is 6. The van der Waals surface area contributed by atoms with E-state index in [2.05, 4.69) is 24.3 Å². The van der Waals surface area contributed by atoms with E-state index in [4.69, 9.17) is 18.9 Å². The van der Waals surface area contributed by atoms with Crippen LogP contribution in [0.15, 0.2) is 97.1 Å². The summed E-state index contributed by atoms with van der Waals surface area (Å²) >= 11 is 0. The van der Waals surface area contributed by atoms with Crippen LogP contribution in [0.1, 0.15) is 50.6 Å². The second-order valence-corrected chi connectivity index (χ2v) is 9.43. The molecule has 6 nitrogen and oxygen atoms in total. The minimum absolute atomic E-state index is 0.0356. The second kappa shape index (κ2) is 11.0. The molecule has 0 radical (unpaired) electrons. The molecule has 0 aliphatic heterocycles. The molecule has 0 saturated heterocycles. The third kappa shape index (κ3) is 4.70. The van der Waals surface area contributed by atoms with Gasteiger partial charge in [-0.05, 0) is 35.4 Å². The maximum Gasteiger partial charge on any atom is 0.342 e. The lowest BCUT2D eigenvalue weighted by Gasteiger charge is -2.43. The molecule has 2 aliphatic carbocycles. The Labute approximate surface area is 222 Å². The van der Waals surface area contributed by atoms with Crippen LogP contribution in [0.25, 0.3) is 0 Å². The Bertz CT molecular complexity index is 1380. The molecule has 194 valence electrons. The van der Waals surface area contributed by atoms with Gasteiger partial charge in [-0.3, -0.25) is 0 Å². The van der Waals surface area contributed by atoms with Crippen LogP contribution in [0, 0.1) is 5.92 Å². The van der Waals surface area contributed by atoms with Crippen molar-refractivity contribution in [1.82, 2.24) is 0 Å². The fourth-order valence-corrected chi connectivity index (χ4v) is 5.50. The highest BCUT2D eigenvalue weighted by Gasteiger charge is 2.48. The Morgan fingerprint density at radius 2 is 1.11 bits per heavy atom. The Morgan fingerprint density at radius 3 is 1.66 bits per heavy atom. The number of allylic oxidation sites excluding steroid dienone is 4. The highest BCUT2D eigenvalue weighted by atomic mass is 16.6. The molecular formula is C32H30O6. The van der Waals surface area contributed by atoms with Crippen molar-refractivity contribution in [2.24, 2.45) is 5.92 Å². The summed E-state index contributed by atoms with van der Waals surface area (Å²) in [6, 6.07) is 22.0. The van der Waals surface area contributed by atoms with Gasteiger partial charge in [-0.25, -0.2) is 9.59 Å². The number of hydrogen-bond donors (Lipinski definition) is 0. The molecule has 3 aromatic rings. The molecule has 0 fully saturated rings. The first-order chi connectivity index (χ1) is 18.5. The monoisotopic (exact) mass is 510 g/mol. The van der Waals surface area contributed by atoms with Crippen LogP contribution in [0.3, 0.4) is 0 Å². The van der Waals surface area contributed by atoms with Gasteiger partial charge in [0.2, 0.25) is 0 Å². The molecule has 0 amide bonds. The number of carbonyl (C=O) groups excluding carboxylic acids is 2. The topological polar surface area (TPSA) is 71.1 Å². The molecule has 0 heterocycles. The molecule has 0 saturated carbocycles. The van der Waals surface area contributed by atoms with Gasteiger partial charge in [-0.2, -0.15) is 0 Å². The van der Waals surface area contributed by atoms with Crippen molar-refractivity contribution in [1.29, 1.82) is 0 Å². The number of fused-ring (bicyclic) bond motifs is 1. The Morgan fingerprint density at radius 1 is 0.632 bits per heavy atom. The standard InChI is InChI=1S/C32H30O6/c1-20-22-14-6-7-15-23(22)28(21-12-4-5-13-21)30(38-32(34)25-17-9-11-19-27(25)36-3)29(20)37-31(33)24-16-8-10-18-26(24)35-2/h4-21,28-30H,1-3H3/t20-,28-,29?,30?/m0/s1. The number of para-hydroxylation sites is 2. The van der Waals surface area contributed by atoms with E-state index in [9.17, 15) is 9.59 Å². The van der Waals surface area contributed by atoms with Crippen molar-refractivity contribution >= 4 is 11.9 Å². The average Bonchev–Trinajstić information content (AvgIpc) is 3.49. The van der Waals surface area contributed by atoms with Gasteiger partial charge in [0.25, 0.3) is 0 Å². The normalized spacial score (nSPS) is 22.0. The van der Waals surface area contributed by atoms with Crippen LogP contribution in [0.2, 0.25) is 0 Å². The molecule has 4 atom stereocenters. The lowest BCUT2D eigenvalue weighted by Crippen LogP contribution is -2.48. The first-order valence-corrected chi connectivity index (χ1v) is 12.6. The smallest absolute Gasteiger partial charge is 0.342 e. The van der Waals surface area contributed by atoms with Gasteiger partial charge in [-0.15, -0.1) is 0 Å². The Balaban J connectivity index is 1.58. The van der Waals surface area contributed by atoms with E-state index in [1.807, 2.05) is 31.2 Å². The van der Waals surface area contributed by atoms with Crippen molar-refractivity contribution < 1.29 is 28.5 Å². The number of carbonyl (C=O) groups is 2. The first-order valence-electron chi connectivity index (χ1n) is 12.6. The highest BCUT2D eigenvalue weighted by molar-refractivity contribution is 5.93. The van der Waals surface area contributed by atoms with Crippen LogP contribution < -0.4 is 9.47 Å². The summed E-state index contributed by atoms with van der Waals surface area (Å²) in [5.41, 5.74) is 2.76. The first kappa shape index (κ1) is 25.3. The average molecular weight is 511 g/mol. The van der Waals surface area contributed by atoms with Gasteiger partial charge in [0, 0.05) is 17.8 Å². The van der Waals surface area contributed by atoms with Crippen LogP contribution in [-0.4, -0.2) is 38.4 Å². The van der Waals surface area contributed by atoms with Gasteiger partial charge >= 0.3 is 11.9 Å². The molecule has 0 spiro atoms. The zero-order valence-electron chi connectivity index (χ0n) is 21.6. The molecule has 0 bridgehead atoms. The molecule has 6 heteroatoms. The summed E-state index contributed by atoms with van der Waals surface area (Å²) in [5.74, 6) is -0.755. The van der Waals surface area contributed by atoms with E-state index in [1.165, 1.54) is 14.2 Å². The summed E-state index contributed by atoms with van der Waals surface area (Å²) in [4.78, 5) is 27.1. The SMILES string of the molecule is COc1ccccc1C(=O)OC1C(OC(=O)c2ccccc2OC)[C@@H](C)c2ccccc2[C@@H]1C1C=CC=C1. The summed E-state index contributed by atoms with van der Waals surface area (Å²) in [7, 11) is 3.03. The van der Waals surface area contributed by atoms with Gasteiger partial charge < -0.3 is 18.9 Å². The van der Waals surface area contributed by atoms with Crippen molar-refractivity contribution in [2.75, 3.05) is 14.2 Å². The minimum atomic E-state index is -0.756. The Kier molecular flexibility index (Phi) is 7.31. The molecule has 0 aromatic heterocycles. The predicted octanol–water partition coefficient (Wildman–Crippen LogP) is 6.10. The van der Waals surface area contributed by atoms with Crippen molar-refractivity contribution in [3.8, 4) is 11.5 Å². The molecule has 0 N–H and O–H groups in total.